The summed E-state index contributed by atoms with van der Waals surface area (Å²) in [7, 11) is 0. The van der Waals surface area contributed by atoms with Gasteiger partial charge in [0.1, 0.15) is 6.04 Å². The van der Waals surface area contributed by atoms with Gasteiger partial charge in [0.15, 0.2) is 0 Å². The summed E-state index contributed by atoms with van der Waals surface area (Å²) < 4.78 is 0. The van der Waals surface area contributed by atoms with E-state index in [1.807, 2.05) is 19.9 Å². The number of carbonyl (C=O) groups is 1. The second-order valence-electron chi connectivity index (χ2n) is 3.48. The summed E-state index contributed by atoms with van der Waals surface area (Å²) in [6, 6.07) is 0.823. The van der Waals surface area contributed by atoms with Crippen LogP contribution in [0.15, 0.2) is 18.5 Å². The van der Waals surface area contributed by atoms with Crippen molar-refractivity contribution in [2.75, 3.05) is 0 Å². The largest absolute Gasteiger partial charge is 0.480 e. The molecule has 0 amide bonds. The Bertz CT molecular complexity index is 337. The molecule has 1 heterocycles. The number of rotatable bonds is 3. The van der Waals surface area contributed by atoms with Crippen LogP contribution in [-0.4, -0.2) is 16.1 Å². The predicted molar refractivity (Wildman–Crippen MR) is 52.9 cm³/mol. The summed E-state index contributed by atoms with van der Waals surface area (Å²) in [4.78, 5) is 14.6. The Labute approximate surface area is 82.8 Å². The third kappa shape index (κ3) is 2.09. The van der Waals surface area contributed by atoms with E-state index in [1.165, 1.54) is 6.20 Å². The smallest absolute Gasteiger partial charge is 0.325 e. The Morgan fingerprint density at radius 3 is 2.64 bits per heavy atom. The molecule has 0 fully saturated rings. The number of nitrogens with zero attached hydrogens (tertiary/aromatic N) is 1. The highest BCUT2D eigenvalue weighted by Crippen LogP contribution is 2.22. The summed E-state index contributed by atoms with van der Waals surface area (Å²) in [6.45, 7) is 3.99. The van der Waals surface area contributed by atoms with Gasteiger partial charge in [-0.25, -0.2) is 0 Å². The predicted octanol–water partition coefficient (Wildman–Crippen LogP) is 1.29. The fraction of sp³-hybridized carbons (Fsp3) is 0.400. The molecule has 1 aromatic rings. The zero-order valence-corrected chi connectivity index (χ0v) is 8.27. The topological polar surface area (TPSA) is 76.2 Å². The standard InChI is InChI=1S/C10H14N2O2/c1-6(2)7-3-4-12-5-8(7)9(11)10(13)14/h3-6,9H,11H2,1-2H3,(H,13,14). The first kappa shape index (κ1) is 10.7. The van der Waals surface area contributed by atoms with E-state index in [9.17, 15) is 4.79 Å². The minimum absolute atomic E-state index is 0.249. The molecule has 1 rings (SSSR count). The number of nitrogens with two attached hydrogens (primary N) is 1. The molecule has 4 nitrogen and oxygen atoms in total. The molecule has 76 valence electrons. The van der Waals surface area contributed by atoms with Crippen LogP contribution in [-0.2, 0) is 4.79 Å². The van der Waals surface area contributed by atoms with Crippen molar-refractivity contribution >= 4 is 5.97 Å². The molecule has 1 atom stereocenters. The maximum absolute atomic E-state index is 10.7. The van der Waals surface area contributed by atoms with Crippen LogP contribution >= 0.6 is 0 Å². The second-order valence-corrected chi connectivity index (χ2v) is 3.48. The third-order valence-corrected chi connectivity index (χ3v) is 2.11. The molecule has 14 heavy (non-hydrogen) atoms. The fourth-order valence-electron chi connectivity index (χ4n) is 1.34. The molecule has 1 unspecified atom stereocenters. The van der Waals surface area contributed by atoms with E-state index < -0.39 is 12.0 Å². The van der Waals surface area contributed by atoms with Crippen molar-refractivity contribution < 1.29 is 9.90 Å². The maximum Gasteiger partial charge on any atom is 0.325 e. The average molecular weight is 194 g/mol. The lowest BCUT2D eigenvalue weighted by molar-refractivity contribution is -0.138. The van der Waals surface area contributed by atoms with Gasteiger partial charge in [-0.05, 0) is 17.5 Å². The first-order chi connectivity index (χ1) is 6.54. The van der Waals surface area contributed by atoms with Crippen molar-refractivity contribution in [3.63, 3.8) is 0 Å². The van der Waals surface area contributed by atoms with Crippen LogP contribution in [0.4, 0.5) is 0 Å². The molecule has 0 aliphatic heterocycles. The van der Waals surface area contributed by atoms with Crippen LogP contribution in [0.3, 0.4) is 0 Å². The summed E-state index contributed by atoms with van der Waals surface area (Å²) in [5, 5.41) is 8.79. The number of carboxylic acid groups (broad SMARTS) is 1. The van der Waals surface area contributed by atoms with Gasteiger partial charge in [-0.3, -0.25) is 9.78 Å². The molecule has 3 N–H and O–H groups in total. The molecule has 0 bridgehead atoms. The van der Waals surface area contributed by atoms with E-state index in [4.69, 9.17) is 10.8 Å². The zero-order chi connectivity index (χ0) is 10.7. The summed E-state index contributed by atoms with van der Waals surface area (Å²) in [5.41, 5.74) is 7.07. The van der Waals surface area contributed by atoms with E-state index in [0.717, 1.165) is 5.56 Å². The van der Waals surface area contributed by atoms with Crippen molar-refractivity contribution in [2.45, 2.75) is 25.8 Å². The maximum atomic E-state index is 10.7. The van der Waals surface area contributed by atoms with Gasteiger partial charge in [0.2, 0.25) is 0 Å². The number of hydrogen-bond donors (Lipinski definition) is 2. The van der Waals surface area contributed by atoms with E-state index in [0.29, 0.717) is 5.56 Å². The highest BCUT2D eigenvalue weighted by atomic mass is 16.4. The lowest BCUT2D eigenvalue weighted by atomic mass is 9.95. The van der Waals surface area contributed by atoms with E-state index in [-0.39, 0.29) is 5.92 Å². The van der Waals surface area contributed by atoms with Crippen molar-refractivity contribution in [1.29, 1.82) is 0 Å². The highest BCUT2D eigenvalue weighted by Gasteiger charge is 2.19. The van der Waals surface area contributed by atoms with Gasteiger partial charge < -0.3 is 10.8 Å². The number of carboxylic acids is 1. The number of aliphatic carboxylic acids is 1. The monoisotopic (exact) mass is 194 g/mol. The number of hydrogen-bond acceptors (Lipinski definition) is 3. The second kappa shape index (κ2) is 4.19. The lowest BCUT2D eigenvalue weighted by Crippen LogP contribution is -2.22. The fourth-order valence-corrected chi connectivity index (χ4v) is 1.34. The summed E-state index contributed by atoms with van der Waals surface area (Å²) in [5.74, 6) is -0.779. The van der Waals surface area contributed by atoms with E-state index in [2.05, 4.69) is 4.98 Å². The highest BCUT2D eigenvalue weighted by molar-refractivity contribution is 5.75. The molecule has 0 saturated heterocycles. The van der Waals surface area contributed by atoms with Crippen LogP contribution in [0.2, 0.25) is 0 Å². The van der Waals surface area contributed by atoms with Crippen LogP contribution in [0.25, 0.3) is 0 Å². The van der Waals surface area contributed by atoms with Gasteiger partial charge in [-0.15, -0.1) is 0 Å². The normalized spacial score (nSPS) is 12.9. The Balaban J connectivity index is 3.13. The molecule has 0 aliphatic rings. The van der Waals surface area contributed by atoms with Crippen LogP contribution in [0, 0.1) is 0 Å². The first-order valence-corrected chi connectivity index (χ1v) is 4.46. The summed E-state index contributed by atoms with van der Waals surface area (Å²) >= 11 is 0. The molecule has 0 saturated carbocycles. The number of aromatic nitrogens is 1. The van der Waals surface area contributed by atoms with E-state index in [1.54, 1.807) is 6.20 Å². The minimum Gasteiger partial charge on any atom is -0.480 e. The molecule has 0 aromatic carbocycles. The molecule has 0 radical (unpaired) electrons. The SMILES string of the molecule is CC(C)c1ccncc1C(N)C(=O)O. The Hall–Kier alpha value is -1.42. The van der Waals surface area contributed by atoms with Gasteiger partial charge in [0.25, 0.3) is 0 Å². The molecule has 1 aromatic heterocycles. The molecular formula is C10H14N2O2. The van der Waals surface area contributed by atoms with E-state index >= 15 is 0 Å². The lowest BCUT2D eigenvalue weighted by Gasteiger charge is -2.14. The van der Waals surface area contributed by atoms with Gasteiger partial charge in [-0.2, -0.15) is 0 Å². The Morgan fingerprint density at radius 2 is 2.14 bits per heavy atom. The molecule has 0 aliphatic carbocycles. The third-order valence-electron chi connectivity index (χ3n) is 2.11. The van der Waals surface area contributed by atoms with Crippen molar-refractivity contribution in [3.8, 4) is 0 Å². The minimum atomic E-state index is -1.03. The Kier molecular flexibility index (Phi) is 3.19. The quantitative estimate of drug-likeness (QED) is 0.760. The van der Waals surface area contributed by atoms with Gasteiger partial charge in [0, 0.05) is 18.0 Å². The molecule has 0 spiro atoms. The first-order valence-electron chi connectivity index (χ1n) is 4.46. The zero-order valence-electron chi connectivity index (χ0n) is 8.27. The van der Waals surface area contributed by atoms with Crippen molar-refractivity contribution in [1.82, 2.24) is 4.98 Å². The van der Waals surface area contributed by atoms with Gasteiger partial charge in [-0.1, -0.05) is 13.8 Å². The summed E-state index contributed by atoms with van der Waals surface area (Å²) in [6.07, 6.45) is 3.17. The number of pyridine rings is 1. The van der Waals surface area contributed by atoms with Gasteiger partial charge in [0.05, 0.1) is 0 Å². The van der Waals surface area contributed by atoms with Gasteiger partial charge >= 0.3 is 5.97 Å². The van der Waals surface area contributed by atoms with Crippen molar-refractivity contribution in [2.24, 2.45) is 5.73 Å². The molecule has 4 heteroatoms. The average Bonchev–Trinajstić information content (AvgIpc) is 2.16. The van der Waals surface area contributed by atoms with Crippen LogP contribution in [0.5, 0.6) is 0 Å². The Morgan fingerprint density at radius 1 is 1.50 bits per heavy atom. The van der Waals surface area contributed by atoms with Crippen LogP contribution in [0.1, 0.15) is 36.9 Å². The van der Waals surface area contributed by atoms with Crippen molar-refractivity contribution in [3.05, 3.63) is 29.6 Å². The molecular weight excluding hydrogens is 180 g/mol. The van der Waals surface area contributed by atoms with Crippen LogP contribution < -0.4 is 5.73 Å².